The Morgan fingerprint density at radius 2 is 1.76 bits per heavy atom. The molecule has 1 aliphatic heterocycles. The molecule has 2 atom stereocenters. The van der Waals surface area contributed by atoms with Crippen molar-refractivity contribution in [2.24, 2.45) is 0 Å². The Bertz CT molecular complexity index is 368. The van der Waals surface area contributed by atoms with E-state index in [9.17, 15) is 0 Å². The van der Waals surface area contributed by atoms with Crippen LogP contribution in [0.4, 0.5) is 5.69 Å². The number of piperazine rings is 1. The minimum atomic E-state index is 0.585. The van der Waals surface area contributed by atoms with Gasteiger partial charge in [0, 0.05) is 36.7 Å². The lowest BCUT2D eigenvalue weighted by Crippen LogP contribution is -2.55. The van der Waals surface area contributed by atoms with Crippen LogP contribution >= 0.6 is 11.6 Å². The zero-order valence-electron chi connectivity index (χ0n) is 10.9. The fourth-order valence-corrected chi connectivity index (χ4v) is 2.76. The average Bonchev–Trinajstić information content (AvgIpc) is 2.35. The van der Waals surface area contributed by atoms with Crippen LogP contribution in [-0.2, 0) is 5.88 Å². The molecule has 17 heavy (non-hydrogen) atoms. The Hall–Kier alpha value is -0.730. The van der Waals surface area contributed by atoms with Crippen LogP contribution in [0.5, 0.6) is 0 Å². The predicted octanol–water partition coefficient (Wildman–Crippen LogP) is 2.95. The highest BCUT2D eigenvalue weighted by atomic mass is 35.5. The van der Waals surface area contributed by atoms with Gasteiger partial charge >= 0.3 is 0 Å². The molecule has 0 N–H and O–H groups in total. The second kappa shape index (κ2) is 5.28. The first-order valence-corrected chi connectivity index (χ1v) is 6.77. The molecule has 1 fully saturated rings. The van der Waals surface area contributed by atoms with Crippen molar-refractivity contribution in [3.05, 3.63) is 29.8 Å². The van der Waals surface area contributed by atoms with Gasteiger partial charge < -0.3 is 4.90 Å². The number of para-hydroxylation sites is 1. The number of halogens is 1. The molecular formula is C14H21ClN2. The Labute approximate surface area is 109 Å². The van der Waals surface area contributed by atoms with Gasteiger partial charge in [-0.2, -0.15) is 0 Å². The van der Waals surface area contributed by atoms with E-state index < -0.39 is 0 Å². The number of alkyl halides is 1. The van der Waals surface area contributed by atoms with Crippen LogP contribution in [-0.4, -0.2) is 37.1 Å². The number of hydrogen-bond acceptors (Lipinski definition) is 2. The van der Waals surface area contributed by atoms with Crippen LogP contribution in [0, 0.1) is 0 Å². The Morgan fingerprint density at radius 3 is 2.35 bits per heavy atom. The van der Waals surface area contributed by atoms with Crippen LogP contribution in [0.2, 0.25) is 0 Å². The minimum Gasteiger partial charge on any atom is -0.368 e. The zero-order chi connectivity index (χ0) is 12.4. The van der Waals surface area contributed by atoms with Crippen molar-refractivity contribution >= 4 is 17.3 Å². The predicted molar refractivity (Wildman–Crippen MR) is 74.9 cm³/mol. The van der Waals surface area contributed by atoms with E-state index in [1.165, 1.54) is 11.3 Å². The van der Waals surface area contributed by atoms with Crippen molar-refractivity contribution in [3.63, 3.8) is 0 Å². The molecule has 94 valence electrons. The maximum Gasteiger partial charge on any atom is 0.0494 e. The summed E-state index contributed by atoms with van der Waals surface area (Å²) < 4.78 is 0. The highest BCUT2D eigenvalue weighted by molar-refractivity contribution is 6.17. The van der Waals surface area contributed by atoms with Gasteiger partial charge in [0.05, 0.1) is 0 Å². The number of benzene rings is 1. The summed E-state index contributed by atoms with van der Waals surface area (Å²) in [5.74, 6) is 0.589. The normalized spacial score (nSPS) is 26.2. The summed E-state index contributed by atoms with van der Waals surface area (Å²) in [7, 11) is 2.21. The summed E-state index contributed by atoms with van der Waals surface area (Å²) >= 11 is 6.02. The van der Waals surface area contributed by atoms with Crippen LogP contribution in [0.25, 0.3) is 0 Å². The fraction of sp³-hybridized carbons (Fsp3) is 0.571. The standard InChI is InChI=1S/C14H21ClN2/c1-11-9-17(10-12(2)16(11)3)14-7-5-4-6-13(14)8-15/h4-7,11-12H,8-10H2,1-3H3. The maximum atomic E-state index is 6.02. The summed E-state index contributed by atoms with van der Waals surface area (Å²) in [6.45, 7) is 6.72. The Kier molecular flexibility index (Phi) is 3.95. The van der Waals surface area contributed by atoms with Crippen molar-refractivity contribution in [3.8, 4) is 0 Å². The monoisotopic (exact) mass is 252 g/mol. The highest BCUT2D eigenvalue weighted by Gasteiger charge is 2.27. The van der Waals surface area contributed by atoms with Gasteiger partial charge in [0.25, 0.3) is 0 Å². The molecule has 0 aliphatic carbocycles. The molecule has 1 aromatic rings. The molecule has 2 nitrogen and oxygen atoms in total. The van der Waals surface area contributed by atoms with Crippen LogP contribution in [0.3, 0.4) is 0 Å². The SMILES string of the molecule is CC1CN(c2ccccc2CCl)CC(C)N1C. The van der Waals surface area contributed by atoms with Gasteiger partial charge in [-0.3, -0.25) is 4.90 Å². The van der Waals surface area contributed by atoms with Gasteiger partial charge in [0.15, 0.2) is 0 Å². The van der Waals surface area contributed by atoms with Crippen molar-refractivity contribution in [2.45, 2.75) is 31.8 Å². The lowest BCUT2D eigenvalue weighted by molar-refractivity contribution is 0.170. The number of anilines is 1. The first-order valence-electron chi connectivity index (χ1n) is 6.24. The van der Waals surface area contributed by atoms with Crippen LogP contribution in [0.1, 0.15) is 19.4 Å². The van der Waals surface area contributed by atoms with Crippen molar-refractivity contribution < 1.29 is 0 Å². The summed E-state index contributed by atoms with van der Waals surface area (Å²) in [5.41, 5.74) is 2.53. The largest absolute Gasteiger partial charge is 0.368 e. The molecular weight excluding hydrogens is 232 g/mol. The third-order valence-corrected chi connectivity index (χ3v) is 4.12. The summed E-state index contributed by atoms with van der Waals surface area (Å²) in [6.07, 6.45) is 0. The molecule has 0 spiro atoms. The van der Waals surface area contributed by atoms with E-state index in [1.807, 2.05) is 0 Å². The van der Waals surface area contributed by atoms with Crippen LogP contribution < -0.4 is 4.90 Å². The number of likely N-dealkylation sites (N-methyl/N-ethyl adjacent to an activating group) is 1. The molecule has 3 heteroatoms. The molecule has 2 unspecified atom stereocenters. The van der Waals surface area contributed by atoms with E-state index in [0.717, 1.165) is 13.1 Å². The zero-order valence-corrected chi connectivity index (χ0v) is 11.6. The van der Waals surface area contributed by atoms with Gasteiger partial charge in [0.1, 0.15) is 0 Å². The molecule has 1 saturated heterocycles. The van der Waals surface area contributed by atoms with E-state index in [4.69, 9.17) is 11.6 Å². The fourth-order valence-electron chi connectivity index (χ4n) is 2.53. The summed E-state index contributed by atoms with van der Waals surface area (Å²) in [6, 6.07) is 9.63. The molecule has 0 aromatic heterocycles. The summed E-state index contributed by atoms with van der Waals surface area (Å²) in [4.78, 5) is 4.91. The van der Waals surface area contributed by atoms with E-state index >= 15 is 0 Å². The molecule has 0 radical (unpaired) electrons. The summed E-state index contributed by atoms with van der Waals surface area (Å²) in [5, 5.41) is 0. The maximum absolute atomic E-state index is 6.02. The third-order valence-electron chi connectivity index (χ3n) is 3.84. The van der Waals surface area contributed by atoms with E-state index in [-0.39, 0.29) is 0 Å². The minimum absolute atomic E-state index is 0.585. The number of rotatable bonds is 2. The molecule has 0 saturated carbocycles. The quantitative estimate of drug-likeness (QED) is 0.747. The van der Waals surface area contributed by atoms with E-state index in [2.05, 4.69) is 55.0 Å². The van der Waals surface area contributed by atoms with Gasteiger partial charge in [-0.25, -0.2) is 0 Å². The van der Waals surface area contributed by atoms with Crippen molar-refractivity contribution in [2.75, 3.05) is 25.0 Å². The molecule has 1 heterocycles. The topological polar surface area (TPSA) is 6.48 Å². The molecule has 1 aromatic carbocycles. The number of hydrogen-bond donors (Lipinski definition) is 0. The first kappa shape index (κ1) is 12.7. The molecule has 0 amide bonds. The first-order chi connectivity index (χ1) is 8.13. The van der Waals surface area contributed by atoms with Crippen LogP contribution in [0.15, 0.2) is 24.3 Å². The van der Waals surface area contributed by atoms with E-state index in [0.29, 0.717) is 18.0 Å². The smallest absolute Gasteiger partial charge is 0.0494 e. The molecule has 0 bridgehead atoms. The van der Waals surface area contributed by atoms with Gasteiger partial charge in [0.2, 0.25) is 0 Å². The van der Waals surface area contributed by atoms with E-state index in [1.54, 1.807) is 0 Å². The lowest BCUT2D eigenvalue weighted by atomic mass is 10.1. The second-order valence-corrected chi connectivity index (χ2v) is 5.30. The molecule has 2 rings (SSSR count). The highest BCUT2D eigenvalue weighted by Crippen LogP contribution is 2.26. The molecule has 1 aliphatic rings. The Balaban J connectivity index is 2.22. The number of nitrogens with zero attached hydrogens (tertiary/aromatic N) is 2. The average molecular weight is 253 g/mol. The second-order valence-electron chi connectivity index (χ2n) is 5.03. The third kappa shape index (κ3) is 2.58. The Morgan fingerprint density at radius 1 is 1.18 bits per heavy atom. The van der Waals surface area contributed by atoms with Crippen molar-refractivity contribution in [1.29, 1.82) is 0 Å². The van der Waals surface area contributed by atoms with Gasteiger partial charge in [-0.15, -0.1) is 11.6 Å². The lowest BCUT2D eigenvalue weighted by Gasteiger charge is -2.44. The van der Waals surface area contributed by atoms with Gasteiger partial charge in [-0.05, 0) is 32.5 Å². The van der Waals surface area contributed by atoms with Gasteiger partial charge in [-0.1, -0.05) is 18.2 Å². The van der Waals surface area contributed by atoms with Crippen molar-refractivity contribution in [1.82, 2.24) is 4.90 Å².